The number of hydrogen-bond donors (Lipinski definition) is 1. The fraction of sp³-hybridized carbons (Fsp3) is 0.214. The fourth-order valence-corrected chi connectivity index (χ4v) is 2.60. The number of anilines is 1. The van der Waals surface area contributed by atoms with E-state index in [2.05, 4.69) is 0 Å². The van der Waals surface area contributed by atoms with Crippen LogP contribution in [0.5, 0.6) is 0 Å². The maximum absolute atomic E-state index is 13.2. The van der Waals surface area contributed by atoms with Crippen LogP contribution in [-0.4, -0.2) is 12.6 Å². The quantitative estimate of drug-likeness (QED) is 0.520. The number of carbonyl (C=O) groups excluding carboxylic acids is 1. The molecule has 0 aliphatic rings. The van der Waals surface area contributed by atoms with Gasteiger partial charge in [0, 0.05) is 10.6 Å². The zero-order valence-electron chi connectivity index (χ0n) is 10.9. The lowest BCUT2D eigenvalue weighted by Crippen LogP contribution is -2.05. The molecule has 0 saturated carbocycles. The van der Waals surface area contributed by atoms with Crippen LogP contribution < -0.4 is 5.73 Å². The van der Waals surface area contributed by atoms with Crippen molar-refractivity contribution in [2.75, 3.05) is 12.3 Å². The molecule has 6 heteroatoms. The number of nitrogens with two attached hydrogens (primary N) is 1. The third-order valence-electron chi connectivity index (χ3n) is 2.50. The molecule has 0 bridgehead atoms. The molecule has 2 aromatic rings. The van der Waals surface area contributed by atoms with E-state index in [1.807, 2.05) is 0 Å². The zero-order chi connectivity index (χ0) is 14.5. The first-order chi connectivity index (χ1) is 9.60. The molecule has 0 amide bonds. The lowest BCUT2D eigenvalue weighted by molar-refractivity contribution is 0.0524. The number of rotatable bonds is 5. The van der Waals surface area contributed by atoms with Gasteiger partial charge in [0.2, 0.25) is 0 Å². The summed E-state index contributed by atoms with van der Waals surface area (Å²) in [6.45, 7) is 2.04. The summed E-state index contributed by atoms with van der Waals surface area (Å²) in [6.07, 6.45) is 1.43. The molecule has 2 N–H and O–H groups in total. The summed E-state index contributed by atoms with van der Waals surface area (Å²) in [4.78, 5) is 12.3. The van der Waals surface area contributed by atoms with E-state index in [4.69, 9.17) is 14.9 Å². The van der Waals surface area contributed by atoms with Crippen LogP contribution in [0.4, 0.5) is 10.1 Å². The van der Waals surface area contributed by atoms with E-state index in [0.29, 0.717) is 34.3 Å². The summed E-state index contributed by atoms with van der Waals surface area (Å²) >= 11 is 1.33. The lowest BCUT2D eigenvalue weighted by Gasteiger charge is -2.04. The highest BCUT2D eigenvalue weighted by Gasteiger charge is 2.15. The van der Waals surface area contributed by atoms with E-state index in [0.717, 1.165) is 0 Å². The van der Waals surface area contributed by atoms with Crippen LogP contribution in [0, 0.1) is 5.82 Å². The van der Waals surface area contributed by atoms with Crippen molar-refractivity contribution in [2.45, 2.75) is 17.6 Å². The Morgan fingerprint density at radius 1 is 1.45 bits per heavy atom. The van der Waals surface area contributed by atoms with E-state index in [1.54, 1.807) is 19.1 Å². The second kappa shape index (κ2) is 6.47. The van der Waals surface area contributed by atoms with Gasteiger partial charge in [0.15, 0.2) is 0 Å². The van der Waals surface area contributed by atoms with Crippen LogP contribution in [0.2, 0.25) is 0 Å². The van der Waals surface area contributed by atoms with Crippen LogP contribution >= 0.6 is 11.8 Å². The van der Waals surface area contributed by atoms with Gasteiger partial charge < -0.3 is 14.9 Å². The summed E-state index contributed by atoms with van der Waals surface area (Å²) in [5.41, 5.74) is 6.33. The molecule has 0 atom stereocenters. The maximum Gasteiger partial charge on any atom is 0.341 e. The van der Waals surface area contributed by atoms with Gasteiger partial charge in [0.05, 0.1) is 18.6 Å². The normalized spacial score (nSPS) is 10.5. The summed E-state index contributed by atoms with van der Waals surface area (Å²) in [7, 11) is 0. The number of benzene rings is 1. The topological polar surface area (TPSA) is 65.5 Å². The Morgan fingerprint density at radius 3 is 2.95 bits per heavy atom. The monoisotopic (exact) mass is 295 g/mol. The van der Waals surface area contributed by atoms with Gasteiger partial charge in [-0.3, -0.25) is 0 Å². The van der Waals surface area contributed by atoms with Gasteiger partial charge in [-0.05, 0) is 31.2 Å². The number of thioether (sulfide) groups is 1. The SMILES string of the molecule is CCOC(=O)c1ccoc1CSc1cc(N)cc(F)c1. The Labute approximate surface area is 120 Å². The first kappa shape index (κ1) is 14.5. The van der Waals surface area contributed by atoms with Crippen molar-refractivity contribution in [1.29, 1.82) is 0 Å². The van der Waals surface area contributed by atoms with Gasteiger partial charge in [-0.1, -0.05) is 0 Å². The second-order valence-corrected chi connectivity index (χ2v) is 5.04. The summed E-state index contributed by atoms with van der Waals surface area (Å²) < 4.78 is 23.4. The molecule has 1 aromatic heterocycles. The van der Waals surface area contributed by atoms with Crippen LogP contribution in [0.15, 0.2) is 39.8 Å². The molecule has 0 aliphatic heterocycles. The van der Waals surface area contributed by atoms with E-state index in [-0.39, 0.29) is 0 Å². The van der Waals surface area contributed by atoms with Gasteiger partial charge in [-0.2, -0.15) is 0 Å². The third-order valence-corrected chi connectivity index (χ3v) is 3.48. The van der Waals surface area contributed by atoms with Crippen molar-refractivity contribution in [1.82, 2.24) is 0 Å². The zero-order valence-corrected chi connectivity index (χ0v) is 11.7. The fourth-order valence-electron chi connectivity index (χ4n) is 1.66. The molecule has 1 heterocycles. The summed E-state index contributed by atoms with van der Waals surface area (Å²) in [6, 6.07) is 5.86. The molecule has 0 saturated heterocycles. The number of nitrogen functional groups attached to an aromatic ring is 1. The molecule has 0 aliphatic carbocycles. The molecular weight excluding hydrogens is 281 g/mol. The van der Waals surface area contributed by atoms with E-state index in [9.17, 15) is 9.18 Å². The molecule has 0 fully saturated rings. The van der Waals surface area contributed by atoms with Gasteiger partial charge >= 0.3 is 5.97 Å². The lowest BCUT2D eigenvalue weighted by atomic mass is 10.3. The van der Waals surface area contributed by atoms with E-state index < -0.39 is 11.8 Å². The minimum Gasteiger partial charge on any atom is -0.468 e. The highest BCUT2D eigenvalue weighted by molar-refractivity contribution is 7.98. The maximum atomic E-state index is 13.2. The van der Waals surface area contributed by atoms with Crippen molar-refractivity contribution >= 4 is 23.4 Å². The van der Waals surface area contributed by atoms with Gasteiger partial charge in [0.25, 0.3) is 0 Å². The first-order valence-corrected chi connectivity index (χ1v) is 7.01. The largest absolute Gasteiger partial charge is 0.468 e. The predicted molar refractivity (Wildman–Crippen MR) is 75.0 cm³/mol. The van der Waals surface area contributed by atoms with Crippen molar-refractivity contribution in [3.8, 4) is 0 Å². The minimum absolute atomic E-state index is 0.303. The van der Waals surface area contributed by atoms with Crippen LogP contribution in [0.25, 0.3) is 0 Å². The Bertz CT molecular complexity index is 592. The third kappa shape index (κ3) is 3.54. The predicted octanol–water partition coefficient (Wildman–Crippen LogP) is 3.47. The van der Waals surface area contributed by atoms with Gasteiger partial charge in [0.1, 0.15) is 17.1 Å². The van der Waals surface area contributed by atoms with Crippen LogP contribution in [0.3, 0.4) is 0 Å². The van der Waals surface area contributed by atoms with E-state index >= 15 is 0 Å². The smallest absolute Gasteiger partial charge is 0.341 e. The van der Waals surface area contributed by atoms with E-state index in [1.165, 1.54) is 30.2 Å². The summed E-state index contributed by atoms with van der Waals surface area (Å²) in [5.74, 6) is 0.0776. The molecule has 4 nitrogen and oxygen atoms in total. The van der Waals surface area contributed by atoms with Crippen molar-refractivity contribution in [3.05, 3.63) is 47.7 Å². The van der Waals surface area contributed by atoms with Gasteiger partial charge in [-0.15, -0.1) is 11.8 Å². The average Bonchev–Trinajstić information content (AvgIpc) is 2.84. The molecular formula is C14H14FNO3S. The Balaban J connectivity index is 2.07. The number of ether oxygens (including phenoxy) is 1. The number of esters is 1. The molecule has 106 valence electrons. The number of hydrogen-bond acceptors (Lipinski definition) is 5. The van der Waals surface area contributed by atoms with Gasteiger partial charge in [-0.25, -0.2) is 9.18 Å². The molecule has 0 unspecified atom stereocenters. The standard InChI is InChI=1S/C14H14FNO3S/c1-2-18-14(17)12-3-4-19-13(12)8-20-11-6-9(15)5-10(16)7-11/h3-7H,2,8,16H2,1H3. The minimum atomic E-state index is -0.421. The average molecular weight is 295 g/mol. The number of furan rings is 1. The molecule has 20 heavy (non-hydrogen) atoms. The van der Waals surface area contributed by atoms with Crippen molar-refractivity contribution in [2.24, 2.45) is 0 Å². The first-order valence-electron chi connectivity index (χ1n) is 6.02. The van der Waals surface area contributed by atoms with Crippen molar-refractivity contribution in [3.63, 3.8) is 0 Å². The highest BCUT2D eigenvalue weighted by Crippen LogP contribution is 2.27. The second-order valence-electron chi connectivity index (χ2n) is 3.99. The molecule has 0 spiro atoms. The molecule has 1 aromatic carbocycles. The Hall–Kier alpha value is -1.95. The molecule has 2 rings (SSSR count). The summed E-state index contributed by atoms with van der Waals surface area (Å²) in [5, 5.41) is 0. The molecule has 0 radical (unpaired) electrons. The Kier molecular flexibility index (Phi) is 4.68. The number of halogens is 1. The van der Waals surface area contributed by atoms with Crippen molar-refractivity contribution < 1.29 is 18.3 Å². The van der Waals surface area contributed by atoms with Crippen LogP contribution in [-0.2, 0) is 10.5 Å². The number of carbonyl (C=O) groups is 1. The Morgan fingerprint density at radius 2 is 2.25 bits per heavy atom. The van der Waals surface area contributed by atoms with Crippen LogP contribution in [0.1, 0.15) is 23.0 Å². The highest BCUT2D eigenvalue weighted by atomic mass is 32.2.